The molecule has 5 nitrogen and oxygen atoms in total. The van der Waals surface area contributed by atoms with Crippen molar-refractivity contribution in [2.75, 3.05) is 5.43 Å². The number of hydrogen-bond donors (Lipinski definition) is 2. The van der Waals surface area contributed by atoms with Gasteiger partial charge in [-0.15, -0.1) is 0 Å². The molecule has 3 N–H and O–H groups in total. The highest BCUT2D eigenvalue weighted by molar-refractivity contribution is 5.47. The number of halogens is 6. The third-order valence-corrected chi connectivity index (χ3v) is 2.22. The van der Waals surface area contributed by atoms with Crippen LogP contribution in [0.2, 0.25) is 0 Å². The Morgan fingerprint density at radius 2 is 1.75 bits per heavy atom. The Labute approximate surface area is 109 Å². The number of nitrogens with one attached hydrogen (secondary N) is 1. The van der Waals surface area contributed by atoms with Crippen molar-refractivity contribution in [1.29, 1.82) is 0 Å². The van der Waals surface area contributed by atoms with Crippen molar-refractivity contribution in [3.63, 3.8) is 0 Å². The van der Waals surface area contributed by atoms with Gasteiger partial charge in [-0.2, -0.15) is 26.3 Å². The first-order chi connectivity index (χ1) is 9.11. The van der Waals surface area contributed by atoms with Gasteiger partial charge in [-0.25, -0.2) is 15.8 Å². The van der Waals surface area contributed by atoms with Gasteiger partial charge in [0.15, 0.2) is 0 Å². The zero-order chi connectivity index (χ0) is 15.6. The molecule has 0 aromatic carbocycles. The summed E-state index contributed by atoms with van der Waals surface area (Å²) in [6, 6.07) is 0. The van der Waals surface area contributed by atoms with Crippen LogP contribution in [0.3, 0.4) is 0 Å². The molecular formula is C9H10F6N4O. The number of hydrazine groups is 1. The van der Waals surface area contributed by atoms with Crippen molar-refractivity contribution >= 4 is 5.82 Å². The van der Waals surface area contributed by atoms with E-state index in [0.29, 0.717) is 0 Å². The molecule has 0 saturated heterocycles. The van der Waals surface area contributed by atoms with Crippen LogP contribution in [0.1, 0.15) is 12.5 Å². The number of rotatable bonds is 4. The number of nitrogens with zero attached hydrogens (tertiary/aromatic N) is 2. The van der Waals surface area contributed by atoms with Crippen molar-refractivity contribution in [1.82, 2.24) is 9.97 Å². The Morgan fingerprint density at radius 3 is 2.15 bits per heavy atom. The Morgan fingerprint density at radius 1 is 1.20 bits per heavy atom. The minimum absolute atomic E-state index is 0.0259. The van der Waals surface area contributed by atoms with Crippen molar-refractivity contribution < 1.29 is 31.1 Å². The van der Waals surface area contributed by atoms with Gasteiger partial charge in [0.05, 0.1) is 5.56 Å². The van der Waals surface area contributed by atoms with Crippen LogP contribution >= 0.6 is 0 Å². The zero-order valence-electron chi connectivity index (χ0n) is 10.0. The molecule has 0 amide bonds. The summed E-state index contributed by atoms with van der Waals surface area (Å²) in [5.74, 6) is 4.12. The lowest BCUT2D eigenvalue weighted by Crippen LogP contribution is -2.46. The molecule has 0 bridgehead atoms. The van der Waals surface area contributed by atoms with Crippen LogP contribution in [0.4, 0.5) is 32.2 Å². The van der Waals surface area contributed by atoms with Gasteiger partial charge in [-0.05, 0) is 6.42 Å². The Bertz CT molecular complexity index is 447. The third-order valence-electron chi connectivity index (χ3n) is 2.22. The summed E-state index contributed by atoms with van der Waals surface area (Å²) >= 11 is 0. The summed E-state index contributed by atoms with van der Waals surface area (Å²) in [6.45, 7) is 1.47. The molecule has 0 spiro atoms. The number of nitrogen functional groups attached to an aromatic ring is 1. The largest absolute Gasteiger partial charge is 0.454 e. The molecule has 114 valence electrons. The van der Waals surface area contributed by atoms with Crippen LogP contribution in [-0.2, 0) is 6.42 Å². The summed E-state index contributed by atoms with van der Waals surface area (Å²) in [7, 11) is 0. The summed E-state index contributed by atoms with van der Waals surface area (Å²) in [4.78, 5) is 6.87. The molecule has 1 rings (SSSR count). The lowest BCUT2D eigenvalue weighted by atomic mass is 10.2. The summed E-state index contributed by atoms with van der Waals surface area (Å²) in [5, 5.41) is 0. The predicted octanol–water partition coefficient (Wildman–Crippen LogP) is 2.20. The number of hydrogen-bond acceptors (Lipinski definition) is 5. The van der Waals surface area contributed by atoms with Gasteiger partial charge >= 0.3 is 12.4 Å². The topological polar surface area (TPSA) is 73.1 Å². The van der Waals surface area contributed by atoms with Gasteiger partial charge in [0.25, 0.3) is 6.10 Å². The molecule has 1 heterocycles. The van der Waals surface area contributed by atoms with Crippen LogP contribution in [0.5, 0.6) is 5.88 Å². The van der Waals surface area contributed by atoms with Crippen LogP contribution < -0.4 is 16.0 Å². The van der Waals surface area contributed by atoms with Gasteiger partial charge in [-0.1, -0.05) is 6.92 Å². The first-order valence-electron chi connectivity index (χ1n) is 5.21. The van der Waals surface area contributed by atoms with Gasteiger partial charge in [0.2, 0.25) is 5.88 Å². The lowest BCUT2D eigenvalue weighted by Gasteiger charge is -2.24. The molecule has 0 fully saturated rings. The minimum atomic E-state index is -5.62. The van der Waals surface area contributed by atoms with E-state index in [9.17, 15) is 26.3 Å². The quantitative estimate of drug-likeness (QED) is 0.507. The molecule has 11 heteroatoms. The molecule has 0 aliphatic rings. The van der Waals surface area contributed by atoms with Crippen molar-refractivity contribution in [3.8, 4) is 5.88 Å². The van der Waals surface area contributed by atoms with E-state index in [1.54, 1.807) is 0 Å². The predicted molar refractivity (Wildman–Crippen MR) is 55.7 cm³/mol. The Kier molecular flexibility index (Phi) is 4.63. The average molecular weight is 304 g/mol. The van der Waals surface area contributed by atoms with Crippen LogP contribution in [-0.4, -0.2) is 28.4 Å². The van der Waals surface area contributed by atoms with E-state index in [1.807, 2.05) is 5.43 Å². The highest BCUT2D eigenvalue weighted by Crippen LogP contribution is 2.37. The van der Waals surface area contributed by atoms with E-state index in [1.165, 1.54) is 6.92 Å². The number of aromatic nitrogens is 2. The van der Waals surface area contributed by atoms with Gasteiger partial charge < -0.3 is 10.2 Å². The van der Waals surface area contributed by atoms with Crippen molar-refractivity contribution in [3.05, 3.63) is 11.9 Å². The number of anilines is 1. The van der Waals surface area contributed by atoms with E-state index < -0.39 is 24.3 Å². The first-order valence-corrected chi connectivity index (χ1v) is 5.21. The highest BCUT2D eigenvalue weighted by atomic mass is 19.4. The van der Waals surface area contributed by atoms with Crippen LogP contribution in [0.15, 0.2) is 6.33 Å². The van der Waals surface area contributed by atoms with E-state index >= 15 is 0 Å². The van der Waals surface area contributed by atoms with Gasteiger partial charge in [-0.3, -0.25) is 0 Å². The lowest BCUT2D eigenvalue weighted by molar-refractivity contribution is -0.300. The molecule has 0 saturated carbocycles. The second kappa shape index (κ2) is 5.69. The summed E-state index contributed by atoms with van der Waals surface area (Å²) in [5.41, 5.74) is 1.95. The van der Waals surface area contributed by atoms with Gasteiger partial charge in [0.1, 0.15) is 12.1 Å². The second-order valence-electron chi connectivity index (χ2n) is 3.58. The minimum Gasteiger partial charge on any atom is -0.454 e. The molecule has 0 unspecified atom stereocenters. The number of nitrogens with two attached hydrogens (primary N) is 1. The molecule has 1 aromatic heterocycles. The standard InChI is InChI=1S/C9H10F6N4O/c1-2-4-5(19-16)17-3-18-6(4)20-7(8(10,11)12)9(13,14)15/h3,7H,2,16H2,1H3,(H,17,18,19). The maximum absolute atomic E-state index is 12.4. The average Bonchev–Trinajstić information content (AvgIpc) is 2.32. The number of ether oxygens (including phenoxy) is 1. The van der Waals surface area contributed by atoms with E-state index in [4.69, 9.17) is 5.84 Å². The van der Waals surface area contributed by atoms with E-state index in [0.717, 1.165) is 6.33 Å². The van der Waals surface area contributed by atoms with E-state index in [-0.39, 0.29) is 17.8 Å². The SMILES string of the molecule is CCc1c(NN)ncnc1OC(C(F)(F)F)C(F)(F)F. The fourth-order valence-electron chi connectivity index (χ4n) is 1.37. The Balaban J connectivity index is 3.19. The fourth-order valence-corrected chi connectivity index (χ4v) is 1.37. The molecular weight excluding hydrogens is 294 g/mol. The molecule has 1 aromatic rings. The van der Waals surface area contributed by atoms with Crippen LogP contribution in [0.25, 0.3) is 0 Å². The van der Waals surface area contributed by atoms with Crippen molar-refractivity contribution in [2.45, 2.75) is 31.8 Å². The third kappa shape index (κ3) is 3.62. The normalized spacial score (nSPS) is 12.7. The molecule has 0 aliphatic carbocycles. The smallest absolute Gasteiger partial charge is 0.434 e. The summed E-state index contributed by atoms with van der Waals surface area (Å²) in [6.07, 6.45) is -14.4. The Hall–Kier alpha value is -1.78. The molecule has 20 heavy (non-hydrogen) atoms. The monoisotopic (exact) mass is 304 g/mol. The highest BCUT2D eigenvalue weighted by Gasteiger charge is 2.59. The maximum Gasteiger partial charge on any atom is 0.434 e. The fraction of sp³-hybridized carbons (Fsp3) is 0.556. The molecule has 0 aliphatic heterocycles. The summed E-state index contributed by atoms with van der Waals surface area (Å²) < 4.78 is 78.4. The first kappa shape index (κ1) is 16.3. The van der Waals surface area contributed by atoms with Crippen LogP contribution in [0, 0.1) is 0 Å². The van der Waals surface area contributed by atoms with Crippen molar-refractivity contribution in [2.24, 2.45) is 5.84 Å². The van der Waals surface area contributed by atoms with E-state index in [2.05, 4.69) is 14.7 Å². The number of alkyl halides is 6. The second-order valence-corrected chi connectivity index (χ2v) is 3.58. The maximum atomic E-state index is 12.4. The molecule has 0 radical (unpaired) electrons. The van der Waals surface area contributed by atoms with Gasteiger partial charge in [0, 0.05) is 0 Å². The molecule has 0 atom stereocenters. The zero-order valence-corrected chi connectivity index (χ0v) is 10.0.